The van der Waals surface area contributed by atoms with Gasteiger partial charge in [0.25, 0.3) is 5.91 Å². The van der Waals surface area contributed by atoms with Crippen molar-refractivity contribution in [2.75, 3.05) is 26.3 Å². The highest BCUT2D eigenvalue weighted by atomic mass is 16.5. The Labute approximate surface area is 263 Å². The van der Waals surface area contributed by atoms with Crippen LogP contribution < -0.4 is 14.8 Å². The monoisotopic (exact) mass is 605 g/mol. The fourth-order valence-electron chi connectivity index (χ4n) is 5.21. The number of hydrogen-bond acceptors (Lipinski definition) is 7. The van der Waals surface area contributed by atoms with E-state index in [1.807, 2.05) is 97.9 Å². The number of para-hydroxylation sites is 1. The van der Waals surface area contributed by atoms with Crippen LogP contribution >= 0.6 is 0 Å². The van der Waals surface area contributed by atoms with E-state index in [4.69, 9.17) is 9.47 Å². The molecule has 1 heterocycles. The van der Waals surface area contributed by atoms with E-state index < -0.39 is 6.10 Å². The Kier molecular flexibility index (Phi) is 11.1. The molecule has 0 saturated carbocycles. The first-order chi connectivity index (χ1) is 22.0. The van der Waals surface area contributed by atoms with Gasteiger partial charge in [0.1, 0.15) is 30.0 Å². The number of ether oxygens (including phenoxy) is 2. The molecule has 5 aromatic rings. The Bertz CT molecular complexity index is 1650. The van der Waals surface area contributed by atoms with Crippen molar-refractivity contribution in [3.05, 3.63) is 132 Å². The van der Waals surface area contributed by atoms with Gasteiger partial charge in [0.15, 0.2) is 0 Å². The van der Waals surface area contributed by atoms with Gasteiger partial charge < -0.3 is 25.0 Å². The normalized spacial score (nSPS) is 12.5. The lowest BCUT2D eigenvalue weighted by atomic mass is 10.0. The summed E-state index contributed by atoms with van der Waals surface area (Å²) < 4.78 is 12.0. The van der Waals surface area contributed by atoms with Crippen LogP contribution in [0.25, 0.3) is 10.9 Å². The number of carbonyl (C=O) groups is 1. The molecule has 0 aliphatic rings. The van der Waals surface area contributed by atoms with E-state index in [9.17, 15) is 15.0 Å². The van der Waals surface area contributed by atoms with Crippen molar-refractivity contribution >= 4 is 16.8 Å². The average molecular weight is 606 g/mol. The van der Waals surface area contributed by atoms with Gasteiger partial charge in [0, 0.05) is 42.8 Å². The van der Waals surface area contributed by atoms with E-state index in [0.717, 1.165) is 16.5 Å². The molecule has 8 nitrogen and oxygen atoms in total. The maximum absolute atomic E-state index is 12.3. The lowest BCUT2D eigenvalue weighted by molar-refractivity contribution is 0.0335. The Balaban J connectivity index is 1.26. The molecule has 232 valence electrons. The number of fused-ring (bicyclic) bond motifs is 1. The Morgan fingerprint density at radius 1 is 0.889 bits per heavy atom. The van der Waals surface area contributed by atoms with Crippen molar-refractivity contribution in [1.29, 1.82) is 0 Å². The zero-order valence-electron chi connectivity index (χ0n) is 25.4. The molecule has 8 heteroatoms. The first-order valence-corrected chi connectivity index (χ1v) is 15.2. The standard InChI is InChI=1S/C37H39N3O5/c1-2-38-37(43)29-15-18-34-35(22-29)39-20-19-36(34)45-33-16-13-27(14-17-33)21-30(25-41)40(23-28-9-5-3-6-10-28)24-31(42)26-44-32-11-7-4-8-12-32/h3-20,22,30-31,41-42H,2,21,23-26H2,1H3,(H,38,43)/t30-,31-/m0/s1. The summed E-state index contributed by atoms with van der Waals surface area (Å²) in [6.45, 7) is 3.43. The van der Waals surface area contributed by atoms with Crippen LogP contribution in [0, 0.1) is 0 Å². The zero-order chi connectivity index (χ0) is 31.4. The van der Waals surface area contributed by atoms with Crippen LogP contribution in [0.1, 0.15) is 28.4 Å². The summed E-state index contributed by atoms with van der Waals surface area (Å²) in [6, 6.07) is 34.2. The number of benzene rings is 4. The van der Waals surface area contributed by atoms with Crippen LogP contribution in [0.5, 0.6) is 17.2 Å². The largest absolute Gasteiger partial charge is 0.491 e. The Morgan fingerprint density at radius 3 is 2.33 bits per heavy atom. The molecule has 0 bridgehead atoms. The molecule has 1 aromatic heterocycles. The van der Waals surface area contributed by atoms with Crippen molar-refractivity contribution in [3.8, 4) is 17.2 Å². The minimum atomic E-state index is -0.744. The third-order valence-corrected chi connectivity index (χ3v) is 7.51. The first kappa shape index (κ1) is 31.7. The summed E-state index contributed by atoms with van der Waals surface area (Å²) in [7, 11) is 0. The summed E-state index contributed by atoms with van der Waals surface area (Å²) in [5.41, 5.74) is 3.35. The maximum atomic E-state index is 12.3. The van der Waals surface area contributed by atoms with Gasteiger partial charge in [-0.1, -0.05) is 60.7 Å². The number of hydrogen-bond donors (Lipinski definition) is 3. The first-order valence-electron chi connectivity index (χ1n) is 15.2. The molecule has 3 N–H and O–H groups in total. The van der Waals surface area contributed by atoms with Crippen molar-refractivity contribution < 1.29 is 24.5 Å². The van der Waals surface area contributed by atoms with Gasteiger partial charge in [-0.25, -0.2) is 0 Å². The molecule has 5 rings (SSSR count). The molecule has 2 atom stereocenters. The molecule has 45 heavy (non-hydrogen) atoms. The van der Waals surface area contributed by atoms with Gasteiger partial charge in [0.05, 0.1) is 12.1 Å². The number of pyridine rings is 1. The fraction of sp³-hybridized carbons (Fsp3) is 0.243. The quantitative estimate of drug-likeness (QED) is 0.142. The second-order valence-electron chi connectivity index (χ2n) is 10.9. The van der Waals surface area contributed by atoms with Crippen LogP contribution in [0.3, 0.4) is 0 Å². The highest BCUT2D eigenvalue weighted by Gasteiger charge is 2.22. The molecule has 0 aliphatic heterocycles. The van der Waals surface area contributed by atoms with Crippen LogP contribution in [-0.2, 0) is 13.0 Å². The van der Waals surface area contributed by atoms with Gasteiger partial charge >= 0.3 is 0 Å². The lowest BCUT2D eigenvalue weighted by Gasteiger charge is -2.32. The number of carbonyl (C=O) groups excluding carboxylic acids is 1. The number of rotatable bonds is 15. The summed E-state index contributed by atoms with van der Waals surface area (Å²) in [5.74, 6) is 1.87. The molecular formula is C37H39N3O5. The van der Waals surface area contributed by atoms with Gasteiger partial charge in [0.2, 0.25) is 0 Å². The third kappa shape index (κ3) is 8.89. The van der Waals surface area contributed by atoms with Crippen molar-refractivity contribution in [2.24, 2.45) is 0 Å². The van der Waals surface area contributed by atoms with Gasteiger partial charge in [-0.05, 0) is 73.0 Å². The van der Waals surface area contributed by atoms with Gasteiger partial charge in [-0.3, -0.25) is 14.7 Å². The van der Waals surface area contributed by atoms with Crippen LogP contribution in [0.15, 0.2) is 115 Å². The number of amides is 1. The van der Waals surface area contributed by atoms with Gasteiger partial charge in [-0.2, -0.15) is 0 Å². The van der Waals surface area contributed by atoms with E-state index in [1.54, 1.807) is 24.4 Å². The lowest BCUT2D eigenvalue weighted by Crippen LogP contribution is -2.44. The molecule has 0 fully saturated rings. The molecule has 0 radical (unpaired) electrons. The summed E-state index contributed by atoms with van der Waals surface area (Å²) in [6.07, 6.45) is 1.50. The zero-order valence-corrected chi connectivity index (χ0v) is 25.4. The van der Waals surface area contributed by atoms with Crippen molar-refractivity contribution in [3.63, 3.8) is 0 Å². The van der Waals surface area contributed by atoms with Crippen LogP contribution in [0.4, 0.5) is 0 Å². The second kappa shape index (κ2) is 15.8. The minimum Gasteiger partial charge on any atom is -0.491 e. The van der Waals surface area contributed by atoms with Crippen LogP contribution in [-0.4, -0.2) is 64.5 Å². The second-order valence-corrected chi connectivity index (χ2v) is 10.9. The topological polar surface area (TPSA) is 104 Å². The number of aliphatic hydroxyl groups is 2. The van der Waals surface area contributed by atoms with Crippen molar-refractivity contribution in [2.45, 2.75) is 32.0 Å². The molecule has 0 aliphatic carbocycles. The number of nitrogens with zero attached hydrogens (tertiary/aromatic N) is 2. The number of aromatic nitrogens is 1. The third-order valence-electron chi connectivity index (χ3n) is 7.51. The highest BCUT2D eigenvalue weighted by Crippen LogP contribution is 2.30. The Hall–Kier alpha value is -4.76. The predicted octanol–water partition coefficient (Wildman–Crippen LogP) is 5.62. The smallest absolute Gasteiger partial charge is 0.251 e. The molecule has 0 spiro atoms. The van der Waals surface area contributed by atoms with E-state index >= 15 is 0 Å². The summed E-state index contributed by atoms with van der Waals surface area (Å²) in [4.78, 5) is 18.8. The van der Waals surface area contributed by atoms with E-state index in [2.05, 4.69) is 15.2 Å². The molecule has 4 aromatic carbocycles. The highest BCUT2D eigenvalue weighted by molar-refractivity contribution is 5.98. The molecular weight excluding hydrogens is 566 g/mol. The minimum absolute atomic E-state index is 0.0708. The maximum Gasteiger partial charge on any atom is 0.251 e. The van der Waals surface area contributed by atoms with E-state index in [-0.39, 0.29) is 25.2 Å². The van der Waals surface area contributed by atoms with Crippen molar-refractivity contribution in [1.82, 2.24) is 15.2 Å². The molecule has 0 saturated heterocycles. The SMILES string of the molecule is CCNC(=O)c1ccc2c(Oc3ccc(C[C@@H](CO)N(Cc4ccccc4)C[C@H](O)COc4ccccc4)cc3)ccnc2c1. The van der Waals surface area contributed by atoms with Crippen LogP contribution in [0.2, 0.25) is 0 Å². The summed E-state index contributed by atoms with van der Waals surface area (Å²) in [5, 5.41) is 25.0. The molecule has 1 amide bonds. The van der Waals surface area contributed by atoms with E-state index in [0.29, 0.717) is 54.4 Å². The fourth-order valence-corrected chi connectivity index (χ4v) is 5.21. The Morgan fingerprint density at radius 2 is 1.62 bits per heavy atom. The van der Waals surface area contributed by atoms with Gasteiger partial charge in [-0.15, -0.1) is 0 Å². The average Bonchev–Trinajstić information content (AvgIpc) is 3.07. The number of nitrogens with one attached hydrogen (secondary N) is 1. The predicted molar refractivity (Wildman–Crippen MR) is 176 cm³/mol. The van der Waals surface area contributed by atoms with E-state index in [1.165, 1.54) is 0 Å². The number of aliphatic hydroxyl groups excluding tert-OH is 2. The molecule has 0 unspecified atom stereocenters. The summed E-state index contributed by atoms with van der Waals surface area (Å²) >= 11 is 0.